The first-order chi connectivity index (χ1) is 10.1. The van der Waals surface area contributed by atoms with E-state index < -0.39 is 5.97 Å². The van der Waals surface area contributed by atoms with Crippen molar-refractivity contribution in [3.8, 4) is 0 Å². The number of hydrogen-bond acceptors (Lipinski definition) is 3. The Morgan fingerprint density at radius 3 is 2.14 bits per heavy atom. The molecule has 0 radical (unpaired) electrons. The molecule has 1 unspecified atom stereocenters. The van der Waals surface area contributed by atoms with Crippen molar-refractivity contribution in [2.24, 2.45) is 0 Å². The number of hydrogen-bond donors (Lipinski definition) is 1. The van der Waals surface area contributed by atoms with Crippen LogP contribution in [0.2, 0.25) is 0 Å². The van der Waals surface area contributed by atoms with Crippen LogP contribution in [-0.2, 0) is 4.79 Å². The number of carboxylic acids is 1. The summed E-state index contributed by atoms with van der Waals surface area (Å²) in [5.74, 6) is -0.933. The number of unbranched alkanes of at least 4 members (excludes halogenated alkanes) is 6. The van der Waals surface area contributed by atoms with Gasteiger partial charge in [0.15, 0.2) is 0 Å². The van der Waals surface area contributed by atoms with E-state index in [0.717, 1.165) is 51.4 Å². The maximum atomic E-state index is 10.2. The van der Waals surface area contributed by atoms with Gasteiger partial charge in [-0.3, -0.25) is 0 Å². The first-order valence-corrected chi connectivity index (χ1v) is 8.31. The van der Waals surface area contributed by atoms with E-state index in [1.165, 1.54) is 12.8 Å². The molecular formula is C18H31O3-. The lowest BCUT2D eigenvalue weighted by Gasteiger charge is -2.01. The number of carbonyl (C=O) groups excluding carboxylic acids is 1. The second kappa shape index (κ2) is 15.3. The lowest BCUT2D eigenvalue weighted by Crippen LogP contribution is -2.21. The molecule has 122 valence electrons. The Morgan fingerprint density at radius 2 is 1.52 bits per heavy atom. The molecule has 0 rings (SSSR count). The molecule has 1 N–H and O–H groups in total. The fourth-order valence-corrected chi connectivity index (χ4v) is 2.10. The number of aliphatic carboxylic acids is 1. The maximum Gasteiger partial charge on any atom is 0.0512 e. The van der Waals surface area contributed by atoms with Gasteiger partial charge in [0.2, 0.25) is 0 Å². The van der Waals surface area contributed by atoms with Crippen molar-refractivity contribution in [1.29, 1.82) is 0 Å². The number of rotatable bonds is 14. The van der Waals surface area contributed by atoms with Gasteiger partial charge in [-0.05, 0) is 58.3 Å². The molecule has 0 bridgehead atoms. The van der Waals surface area contributed by atoms with E-state index in [-0.39, 0.29) is 12.5 Å². The van der Waals surface area contributed by atoms with Crippen molar-refractivity contribution in [2.75, 3.05) is 0 Å². The van der Waals surface area contributed by atoms with Crippen molar-refractivity contribution in [3.63, 3.8) is 0 Å². The molecule has 0 saturated carbocycles. The Morgan fingerprint density at radius 1 is 0.952 bits per heavy atom. The molecule has 0 amide bonds. The van der Waals surface area contributed by atoms with Crippen LogP contribution in [0.1, 0.15) is 77.6 Å². The summed E-state index contributed by atoms with van der Waals surface area (Å²) in [5.41, 5.74) is 0. The smallest absolute Gasteiger partial charge is 0.0512 e. The van der Waals surface area contributed by atoms with Crippen LogP contribution in [0.25, 0.3) is 0 Å². The molecule has 0 saturated heterocycles. The fourth-order valence-electron chi connectivity index (χ4n) is 2.10. The summed E-state index contributed by atoms with van der Waals surface area (Å²) < 4.78 is 0. The zero-order chi connectivity index (χ0) is 15.8. The average Bonchev–Trinajstić information content (AvgIpc) is 2.42. The van der Waals surface area contributed by atoms with E-state index in [1.54, 1.807) is 0 Å². The van der Waals surface area contributed by atoms with Crippen LogP contribution < -0.4 is 5.11 Å². The minimum Gasteiger partial charge on any atom is -0.550 e. The van der Waals surface area contributed by atoms with E-state index >= 15 is 0 Å². The highest BCUT2D eigenvalue weighted by Crippen LogP contribution is 2.07. The van der Waals surface area contributed by atoms with E-state index in [2.05, 4.69) is 24.3 Å². The van der Waals surface area contributed by atoms with Gasteiger partial charge in [-0.1, -0.05) is 43.6 Å². The van der Waals surface area contributed by atoms with Gasteiger partial charge < -0.3 is 15.0 Å². The van der Waals surface area contributed by atoms with Crippen molar-refractivity contribution in [3.05, 3.63) is 24.3 Å². The largest absolute Gasteiger partial charge is 0.550 e. The summed E-state index contributed by atoms with van der Waals surface area (Å²) in [6.45, 7) is 1.83. The second-order valence-corrected chi connectivity index (χ2v) is 5.64. The highest BCUT2D eigenvalue weighted by atomic mass is 16.4. The summed E-state index contributed by atoms with van der Waals surface area (Å²) in [4.78, 5) is 10.2. The van der Waals surface area contributed by atoms with Crippen LogP contribution in [0.15, 0.2) is 24.3 Å². The summed E-state index contributed by atoms with van der Waals surface area (Å²) in [6.07, 6.45) is 19.1. The molecule has 1 atom stereocenters. The zero-order valence-electron chi connectivity index (χ0n) is 13.4. The third-order valence-corrected chi connectivity index (χ3v) is 3.35. The summed E-state index contributed by atoms with van der Waals surface area (Å²) in [6, 6.07) is 0. The van der Waals surface area contributed by atoms with Crippen LogP contribution in [-0.4, -0.2) is 17.2 Å². The second-order valence-electron chi connectivity index (χ2n) is 5.64. The molecule has 0 aromatic heterocycles. The molecule has 0 aliphatic heterocycles. The Bertz CT molecular complexity index is 293. The molecule has 0 aliphatic carbocycles. The van der Waals surface area contributed by atoms with E-state index in [4.69, 9.17) is 5.11 Å². The number of aliphatic hydroxyl groups is 1. The van der Waals surface area contributed by atoms with Gasteiger partial charge in [0, 0.05) is 5.97 Å². The highest BCUT2D eigenvalue weighted by molar-refractivity contribution is 5.63. The molecule has 0 spiro atoms. The number of carboxylic acid groups (broad SMARTS) is 1. The summed E-state index contributed by atoms with van der Waals surface area (Å²) >= 11 is 0. The maximum absolute atomic E-state index is 10.2. The molecular weight excluding hydrogens is 264 g/mol. The van der Waals surface area contributed by atoms with E-state index in [9.17, 15) is 9.90 Å². The zero-order valence-corrected chi connectivity index (χ0v) is 13.4. The van der Waals surface area contributed by atoms with Crippen molar-refractivity contribution < 1.29 is 15.0 Å². The normalized spacial score (nSPS) is 13.2. The first kappa shape index (κ1) is 19.9. The van der Waals surface area contributed by atoms with Crippen molar-refractivity contribution >= 4 is 5.97 Å². The van der Waals surface area contributed by atoms with Gasteiger partial charge in [0.05, 0.1) is 6.10 Å². The molecule has 21 heavy (non-hydrogen) atoms. The third kappa shape index (κ3) is 18.9. The molecule has 0 aromatic rings. The average molecular weight is 295 g/mol. The van der Waals surface area contributed by atoms with Crippen LogP contribution in [0, 0.1) is 0 Å². The molecule has 0 fully saturated rings. The van der Waals surface area contributed by atoms with Gasteiger partial charge in [0.1, 0.15) is 0 Å². The Kier molecular flexibility index (Phi) is 14.5. The lowest BCUT2D eigenvalue weighted by atomic mass is 10.1. The van der Waals surface area contributed by atoms with Gasteiger partial charge in [-0.25, -0.2) is 0 Å². The van der Waals surface area contributed by atoms with E-state index in [1.807, 2.05) is 6.92 Å². The van der Waals surface area contributed by atoms with Gasteiger partial charge >= 0.3 is 0 Å². The molecule has 0 heterocycles. The molecule has 0 aromatic carbocycles. The van der Waals surface area contributed by atoms with Gasteiger partial charge in [-0.15, -0.1) is 0 Å². The predicted octanol–water partition coefficient (Wildman–Crippen LogP) is 3.52. The number of carbonyl (C=O) groups is 1. The van der Waals surface area contributed by atoms with Crippen LogP contribution in [0.4, 0.5) is 0 Å². The number of allylic oxidation sites excluding steroid dienone is 4. The predicted molar refractivity (Wildman–Crippen MR) is 85.8 cm³/mol. The van der Waals surface area contributed by atoms with Crippen LogP contribution in [0.3, 0.4) is 0 Å². The quantitative estimate of drug-likeness (QED) is 0.394. The van der Waals surface area contributed by atoms with Crippen molar-refractivity contribution in [1.82, 2.24) is 0 Å². The highest BCUT2D eigenvalue weighted by Gasteiger charge is 1.92. The standard InChI is InChI=1S/C18H32O3/c1-17(19)15-13-11-9-7-5-3-2-4-6-8-10-12-14-16-18(20)21/h2-3,7,9,17,19H,4-6,8,10-16H2,1H3,(H,20,21)/p-1/b3-2-,9-7-. The molecule has 3 nitrogen and oxygen atoms in total. The van der Waals surface area contributed by atoms with Gasteiger partial charge in [0.25, 0.3) is 0 Å². The SMILES string of the molecule is CC(O)CCC/C=C\C/C=C\CCCCCCCC(=O)[O-]. The molecule has 3 heteroatoms. The van der Waals surface area contributed by atoms with Gasteiger partial charge in [-0.2, -0.15) is 0 Å². The van der Waals surface area contributed by atoms with Crippen LogP contribution >= 0.6 is 0 Å². The minimum absolute atomic E-state index is 0.181. The topological polar surface area (TPSA) is 60.4 Å². The summed E-state index contributed by atoms with van der Waals surface area (Å²) in [5, 5.41) is 19.3. The fraction of sp³-hybridized carbons (Fsp3) is 0.722. The first-order valence-electron chi connectivity index (χ1n) is 8.31. The lowest BCUT2D eigenvalue weighted by molar-refractivity contribution is -0.305. The van der Waals surface area contributed by atoms with E-state index in [0.29, 0.717) is 0 Å². The summed E-state index contributed by atoms with van der Waals surface area (Å²) in [7, 11) is 0. The molecule has 0 aliphatic rings. The Labute approximate surface area is 129 Å². The number of aliphatic hydroxyl groups excluding tert-OH is 1. The Hall–Kier alpha value is -1.09. The van der Waals surface area contributed by atoms with Crippen LogP contribution in [0.5, 0.6) is 0 Å². The third-order valence-electron chi connectivity index (χ3n) is 3.35. The minimum atomic E-state index is -0.933. The monoisotopic (exact) mass is 295 g/mol. The van der Waals surface area contributed by atoms with Crippen molar-refractivity contribution in [2.45, 2.75) is 83.7 Å². The Balaban J connectivity index is 3.22.